The minimum absolute atomic E-state index is 0.294. The van der Waals surface area contributed by atoms with Gasteiger partial charge in [0, 0.05) is 5.56 Å². The van der Waals surface area contributed by atoms with Crippen LogP contribution in [-0.4, -0.2) is 5.97 Å². The second-order valence-corrected chi connectivity index (χ2v) is 4.70. The average molecular weight is 259 g/mol. The topological polar surface area (TPSA) is 26.3 Å². The molecule has 2 aromatic rings. The lowest BCUT2D eigenvalue weighted by molar-refractivity contribution is 0.0376. The number of carbonyl (C=O) groups excluding carboxylic acids is 1. The Kier molecular flexibility index (Phi) is 2.80. The number of halogens is 1. The summed E-state index contributed by atoms with van der Waals surface area (Å²) in [6, 6.07) is 17.0. The van der Waals surface area contributed by atoms with Crippen LogP contribution in [0.1, 0.15) is 33.0 Å². The molecule has 3 heteroatoms. The molecule has 0 spiro atoms. The van der Waals surface area contributed by atoms with Crippen LogP contribution >= 0.6 is 11.6 Å². The SMILES string of the molecule is O=C1OC(C(Cl)c2ccccc2)c2ccccc21. The number of carbonyl (C=O) groups is 1. The van der Waals surface area contributed by atoms with E-state index in [-0.39, 0.29) is 11.3 Å². The maximum Gasteiger partial charge on any atom is 0.339 e. The Morgan fingerprint density at radius 1 is 1.00 bits per heavy atom. The summed E-state index contributed by atoms with van der Waals surface area (Å²) in [6.07, 6.45) is -0.405. The van der Waals surface area contributed by atoms with Gasteiger partial charge >= 0.3 is 5.97 Å². The molecule has 0 fully saturated rings. The van der Waals surface area contributed by atoms with Gasteiger partial charge < -0.3 is 4.74 Å². The third-order valence-corrected chi connectivity index (χ3v) is 3.59. The molecule has 2 nitrogen and oxygen atoms in total. The van der Waals surface area contributed by atoms with E-state index >= 15 is 0 Å². The van der Waals surface area contributed by atoms with Crippen molar-refractivity contribution in [3.05, 3.63) is 71.3 Å². The monoisotopic (exact) mass is 258 g/mol. The highest BCUT2D eigenvalue weighted by molar-refractivity contribution is 6.21. The van der Waals surface area contributed by atoms with Gasteiger partial charge in [-0.3, -0.25) is 0 Å². The van der Waals surface area contributed by atoms with Crippen LogP contribution in [0.25, 0.3) is 0 Å². The Balaban J connectivity index is 1.98. The Morgan fingerprint density at radius 2 is 1.67 bits per heavy atom. The molecule has 0 N–H and O–H groups in total. The van der Waals surface area contributed by atoms with Gasteiger partial charge in [0.05, 0.1) is 10.9 Å². The molecule has 2 aromatic carbocycles. The first-order chi connectivity index (χ1) is 8.77. The van der Waals surface area contributed by atoms with Crippen LogP contribution in [0.5, 0.6) is 0 Å². The van der Waals surface area contributed by atoms with Crippen molar-refractivity contribution in [1.82, 2.24) is 0 Å². The summed E-state index contributed by atoms with van der Waals surface area (Å²) in [5, 5.41) is -0.362. The fourth-order valence-electron chi connectivity index (χ4n) is 2.20. The summed E-state index contributed by atoms with van der Waals surface area (Å²) in [5.41, 5.74) is 2.43. The van der Waals surface area contributed by atoms with Crippen LogP contribution in [-0.2, 0) is 4.74 Å². The summed E-state index contributed by atoms with van der Waals surface area (Å²) in [5.74, 6) is -0.294. The van der Waals surface area contributed by atoms with Gasteiger partial charge in [0.15, 0.2) is 0 Å². The summed E-state index contributed by atoms with van der Waals surface area (Å²) in [7, 11) is 0. The van der Waals surface area contributed by atoms with Crippen LogP contribution in [0.15, 0.2) is 54.6 Å². The van der Waals surface area contributed by atoms with Gasteiger partial charge in [-0.05, 0) is 11.6 Å². The summed E-state index contributed by atoms with van der Waals surface area (Å²) < 4.78 is 5.38. The van der Waals surface area contributed by atoms with Crippen LogP contribution < -0.4 is 0 Å². The van der Waals surface area contributed by atoms with Crippen molar-refractivity contribution in [3.63, 3.8) is 0 Å². The molecular weight excluding hydrogens is 248 g/mol. The van der Waals surface area contributed by atoms with Crippen molar-refractivity contribution in [1.29, 1.82) is 0 Å². The van der Waals surface area contributed by atoms with Crippen LogP contribution in [0.4, 0.5) is 0 Å². The first kappa shape index (κ1) is 11.3. The fraction of sp³-hybridized carbons (Fsp3) is 0.133. The van der Waals surface area contributed by atoms with E-state index in [2.05, 4.69) is 0 Å². The number of rotatable bonds is 2. The van der Waals surface area contributed by atoms with Crippen molar-refractivity contribution < 1.29 is 9.53 Å². The fourth-order valence-corrected chi connectivity index (χ4v) is 2.53. The van der Waals surface area contributed by atoms with E-state index in [0.717, 1.165) is 11.1 Å². The molecule has 3 rings (SSSR count). The number of ether oxygens (including phenoxy) is 1. The average Bonchev–Trinajstić information content (AvgIpc) is 2.77. The summed E-state index contributed by atoms with van der Waals surface area (Å²) >= 11 is 6.43. The molecule has 0 aromatic heterocycles. The van der Waals surface area contributed by atoms with E-state index in [1.165, 1.54) is 0 Å². The Morgan fingerprint density at radius 3 is 2.44 bits per heavy atom. The van der Waals surface area contributed by atoms with Gasteiger partial charge in [-0.15, -0.1) is 11.6 Å². The van der Waals surface area contributed by atoms with E-state index in [9.17, 15) is 4.79 Å². The predicted molar refractivity (Wildman–Crippen MR) is 69.6 cm³/mol. The second kappa shape index (κ2) is 4.46. The molecule has 2 atom stereocenters. The lowest BCUT2D eigenvalue weighted by Gasteiger charge is -2.17. The molecule has 1 heterocycles. The van der Waals surface area contributed by atoms with Crippen molar-refractivity contribution in [2.24, 2.45) is 0 Å². The van der Waals surface area contributed by atoms with E-state index < -0.39 is 6.10 Å². The van der Waals surface area contributed by atoms with Gasteiger partial charge in [0.1, 0.15) is 6.10 Å². The number of fused-ring (bicyclic) bond motifs is 1. The molecule has 0 aliphatic carbocycles. The highest BCUT2D eigenvalue weighted by Crippen LogP contribution is 2.42. The minimum atomic E-state index is -0.405. The molecule has 0 bridgehead atoms. The highest BCUT2D eigenvalue weighted by atomic mass is 35.5. The smallest absolute Gasteiger partial charge is 0.339 e. The summed E-state index contributed by atoms with van der Waals surface area (Å²) in [4.78, 5) is 11.7. The van der Waals surface area contributed by atoms with E-state index in [0.29, 0.717) is 5.56 Å². The van der Waals surface area contributed by atoms with Crippen LogP contribution in [0.2, 0.25) is 0 Å². The number of hydrogen-bond donors (Lipinski definition) is 0. The number of hydrogen-bond acceptors (Lipinski definition) is 2. The van der Waals surface area contributed by atoms with Crippen molar-refractivity contribution in [3.8, 4) is 0 Å². The molecule has 90 valence electrons. The number of esters is 1. The van der Waals surface area contributed by atoms with Crippen LogP contribution in [0, 0.1) is 0 Å². The maximum atomic E-state index is 11.7. The standard InChI is InChI=1S/C15H11ClO2/c16-13(10-6-2-1-3-7-10)14-11-8-4-5-9-12(11)15(17)18-14/h1-9,13-14H. The number of benzene rings is 2. The van der Waals surface area contributed by atoms with Gasteiger partial charge in [-0.2, -0.15) is 0 Å². The first-order valence-corrected chi connectivity index (χ1v) is 6.20. The first-order valence-electron chi connectivity index (χ1n) is 5.76. The van der Waals surface area contributed by atoms with Gasteiger partial charge in [0.2, 0.25) is 0 Å². The number of alkyl halides is 1. The zero-order valence-corrected chi connectivity index (χ0v) is 10.3. The lowest BCUT2D eigenvalue weighted by Crippen LogP contribution is -2.06. The lowest BCUT2D eigenvalue weighted by atomic mass is 9.99. The third kappa shape index (κ3) is 1.79. The van der Waals surface area contributed by atoms with Crippen LogP contribution in [0.3, 0.4) is 0 Å². The Bertz CT molecular complexity index is 580. The van der Waals surface area contributed by atoms with E-state index in [4.69, 9.17) is 16.3 Å². The van der Waals surface area contributed by atoms with E-state index in [1.807, 2.05) is 48.5 Å². The zero-order valence-electron chi connectivity index (χ0n) is 9.55. The quantitative estimate of drug-likeness (QED) is 0.604. The van der Waals surface area contributed by atoms with Gasteiger partial charge in [0.25, 0.3) is 0 Å². The molecule has 1 aliphatic rings. The molecule has 0 saturated heterocycles. The Labute approximate surface area is 110 Å². The molecular formula is C15H11ClO2. The second-order valence-electron chi connectivity index (χ2n) is 4.23. The largest absolute Gasteiger partial charge is 0.452 e. The van der Waals surface area contributed by atoms with E-state index in [1.54, 1.807) is 6.07 Å². The van der Waals surface area contributed by atoms with Crippen molar-refractivity contribution >= 4 is 17.6 Å². The molecule has 0 amide bonds. The van der Waals surface area contributed by atoms with Gasteiger partial charge in [-0.1, -0.05) is 48.5 Å². The highest BCUT2D eigenvalue weighted by Gasteiger charge is 2.36. The zero-order chi connectivity index (χ0) is 12.5. The van der Waals surface area contributed by atoms with Crippen molar-refractivity contribution in [2.45, 2.75) is 11.5 Å². The molecule has 0 saturated carbocycles. The molecule has 1 aliphatic heterocycles. The molecule has 0 radical (unpaired) electrons. The summed E-state index contributed by atoms with van der Waals surface area (Å²) in [6.45, 7) is 0. The molecule has 2 unspecified atom stereocenters. The minimum Gasteiger partial charge on any atom is -0.452 e. The molecule has 18 heavy (non-hydrogen) atoms. The Hall–Kier alpha value is -1.80. The number of cyclic esters (lactones) is 1. The van der Waals surface area contributed by atoms with Gasteiger partial charge in [-0.25, -0.2) is 4.79 Å². The normalized spacial score (nSPS) is 19.2. The maximum absolute atomic E-state index is 11.7. The predicted octanol–water partition coefficient (Wildman–Crippen LogP) is 3.88. The third-order valence-electron chi connectivity index (χ3n) is 3.11. The van der Waals surface area contributed by atoms with Crippen molar-refractivity contribution in [2.75, 3.05) is 0 Å².